The number of hydrogen-bond acceptors (Lipinski definition) is 4. The largest absolute Gasteiger partial charge is 0.465 e. The molecule has 0 spiro atoms. The molecule has 0 aliphatic rings. The smallest absolute Gasteiger partial charge is 0.305 e. The van der Waals surface area contributed by atoms with Gasteiger partial charge in [-0.1, -0.05) is 143 Å². The first-order valence-electron chi connectivity index (χ1n) is 17.1. The number of carbonyl (C=O) groups excluding carboxylic acids is 1. The van der Waals surface area contributed by atoms with E-state index in [1.807, 2.05) is 0 Å². The maximum Gasteiger partial charge on any atom is 0.305 e. The van der Waals surface area contributed by atoms with Gasteiger partial charge >= 0.3 is 5.97 Å². The van der Waals surface area contributed by atoms with Gasteiger partial charge in [0.2, 0.25) is 0 Å². The Morgan fingerprint density at radius 1 is 0.474 bits per heavy atom. The lowest BCUT2D eigenvalue weighted by atomic mass is 9.95. The van der Waals surface area contributed by atoms with E-state index in [0.717, 1.165) is 19.4 Å². The van der Waals surface area contributed by atoms with E-state index in [1.165, 1.54) is 135 Å². The van der Waals surface area contributed by atoms with Gasteiger partial charge in [0, 0.05) is 19.6 Å². The van der Waals surface area contributed by atoms with Crippen molar-refractivity contribution in [1.82, 2.24) is 0 Å². The number of carbonyl (C=O) groups is 1. The molecular formula is C34H68O4. The van der Waals surface area contributed by atoms with Crippen molar-refractivity contribution in [3.8, 4) is 0 Å². The quantitative estimate of drug-likeness (QED) is 0.0628. The van der Waals surface area contributed by atoms with E-state index in [-0.39, 0.29) is 5.97 Å². The average molecular weight is 541 g/mol. The minimum atomic E-state index is -0.0627. The minimum Gasteiger partial charge on any atom is -0.465 e. The van der Waals surface area contributed by atoms with Crippen molar-refractivity contribution in [3.05, 3.63) is 0 Å². The summed E-state index contributed by atoms with van der Waals surface area (Å²) in [5, 5.41) is 0. The summed E-state index contributed by atoms with van der Waals surface area (Å²) >= 11 is 0. The summed E-state index contributed by atoms with van der Waals surface area (Å²) in [6, 6.07) is 0. The van der Waals surface area contributed by atoms with Crippen LogP contribution in [0.4, 0.5) is 0 Å². The Morgan fingerprint density at radius 2 is 0.868 bits per heavy atom. The maximum absolute atomic E-state index is 12.2. The van der Waals surface area contributed by atoms with Gasteiger partial charge in [-0.2, -0.15) is 0 Å². The Balaban J connectivity index is 3.61. The number of rotatable bonds is 32. The molecule has 0 bridgehead atoms. The molecule has 0 saturated heterocycles. The molecule has 0 heterocycles. The molecule has 0 aliphatic carbocycles. The van der Waals surface area contributed by atoms with Gasteiger partial charge in [0.1, 0.15) is 0 Å². The van der Waals surface area contributed by atoms with Crippen LogP contribution in [-0.4, -0.2) is 39.0 Å². The summed E-state index contributed by atoms with van der Waals surface area (Å²) in [5.41, 5.74) is 0. The predicted octanol–water partition coefficient (Wildman–Crippen LogP) is 10.6. The molecule has 0 fully saturated rings. The summed E-state index contributed by atoms with van der Waals surface area (Å²) in [5.74, 6) is 0.471. The van der Waals surface area contributed by atoms with Crippen LogP contribution >= 0.6 is 0 Å². The van der Waals surface area contributed by atoms with Crippen LogP contribution in [0, 0.1) is 5.92 Å². The third-order valence-corrected chi connectivity index (χ3v) is 7.60. The monoisotopic (exact) mass is 541 g/mol. The SMILES string of the molecule is CCCCCCCCCCCCOCCOCCCC(=O)OCC(CCCCCC)CCCCCCCC. The topological polar surface area (TPSA) is 44.8 Å². The maximum atomic E-state index is 12.2. The molecule has 1 atom stereocenters. The first-order valence-corrected chi connectivity index (χ1v) is 17.1. The van der Waals surface area contributed by atoms with Crippen LogP contribution in [0.1, 0.15) is 175 Å². The van der Waals surface area contributed by atoms with Crippen molar-refractivity contribution >= 4 is 5.97 Å². The Kier molecular flexibility index (Phi) is 32.1. The first kappa shape index (κ1) is 37.4. The molecule has 0 N–H and O–H groups in total. The fraction of sp³-hybridized carbons (Fsp3) is 0.971. The summed E-state index contributed by atoms with van der Waals surface area (Å²) in [7, 11) is 0. The van der Waals surface area contributed by atoms with Crippen molar-refractivity contribution in [1.29, 1.82) is 0 Å². The molecule has 0 amide bonds. The van der Waals surface area contributed by atoms with E-state index in [0.29, 0.717) is 38.8 Å². The highest BCUT2D eigenvalue weighted by Crippen LogP contribution is 2.20. The zero-order valence-corrected chi connectivity index (χ0v) is 26.2. The minimum absolute atomic E-state index is 0.0627. The van der Waals surface area contributed by atoms with Gasteiger partial charge in [-0.3, -0.25) is 4.79 Å². The van der Waals surface area contributed by atoms with Crippen molar-refractivity contribution in [2.24, 2.45) is 5.92 Å². The lowest BCUT2D eigenvalue weighted by Gasteiger charge is -2.17. The molecule has 0 aliphatic heterocycles. The zero-order valence-electron chi connectivity index (χ0n) is 26.2. The van der Waals surface area contributed by atoms with Gasteiger partial charge in [-0.15, -0.1) is 0 Å². The second-order valence-electron chi connectivity index (χ2n) is 11.5. The van der Waals surface area contributed by atoms with Crippen molar-refractivity contribution in [2.45, 2.75) is 175 Å². The molecule has 1 unspecified atom stereocenters. The van der Waals surface area contributed by atoms with Crippen LogP contribution in [0.2, 0.25) is 0 Å². The Bertz CT molecular complexity index is 454. The van der Waals surface area contributed by atoms with Crippen LogP contribution < -0.4 is 0 Å². The van der Waals surface area contributed by atoms with Gasteiger partial charge < -0.3 is 14.2 Å². The lowest BCUT2D eigenvalue weighted by molar-refractivity contribution is -0.145. The van der Waals surface area contributed by atoms with E-state index >= 15 is 0 Å². The second-order valence-corrected chi connectivity index (χ2v) is 11.5. The van der Waals surface area contributed by atoms with Gasteiger partial charge in [-0.25, -0.2) is 0 Å². The van der Waals surface area contributed by atoms with Crippen LogP contribution in [0.3, 0.4) is 0 Å². The number of ether oxygens (including phenoxy) is 3. The normalized spacial score (nSPS) is 12.2. The molecule has 0 rings (SSSR count). The fourth-order valence-electron chi connectivity index (χ4n) is 5.00. The third kappa shape index (κ3) is 29.9. The van der Waals surface area contributed by atoms with Gasteiger partial charge in [0.25, 0.3) is 0 Å². The highest BCUT2D eigenvalue weighted by Gasteiger charge is 2.12. The van der Waals surface area contributed by atoms with E-state index in [1.54, 1.807) is 0 Å². The zero-order chi connectivity index (χ0) is 27.8. The lowest BCUT2D eigenvalue weighted by Crippen LogP contribution is -2.15. The Hall–Kier alpha value is -0.610. The van der Waals surface area contributed by atoms with Crippen molar-refractivity contribution < 1.29 is 19.0 Å². The number of unbranched alkanes of at least 4 members (excludes halogenated alkanes) is 17. The molecule has 0 saturated carbocycles. The van der Waals surface area contributed by atoms with E-state index < -0.39 is 0 Å². The highest BCUT2D eigenvalue weighted by atomic mass is 16.5. The van der Waals surface area contributed by atoms with Gasteiger partial charge in [0.05, 0.1) is 19.8 Å². The van der Waals surface area contributed by atoms with Crippen molar-refractivity contribution in [2.75, 3.05) is 33.0 Å². The summed E-state index contributed by atoms with van der Waals surface area (Å²) < 4.78 is 17.0. The summed E-state index contributed by atoms with van der Waals surface area (Å²) in [6.07, 6.45) is 30.2. The Labute approximate surface area is 238 Å². The molecule has 0 aromatic rings. The van der Waals surface area contributed by atoms with Gasteiger partial charge in [0.15, 0.2) is 0 Å². The van der Waals surface area contributed by atoms with Crippen LogP contribution in [-0.2, 0) is 19.0 Å². The molecular weight excluding hydrogens is 472 g/mol. The average Bonchev–Trinajstić information content (AvgIpc) is 2.92. The molecule has 4 nitrogen and oxygen atoms in total. The fourth-order valence-corrected chi connectivity index (χ4v) is 5.00. The van der Waals surface area contributed by atoms with Crippen molar-refractivity contribution in [3.63, 3.8) is 0 Å². The Morgan fingerprint density at radius 3 is 1.37 bits per heavy atom. The third-order valence-electron chi connectivity index (χ3n) is 7.60. The molecule has 0 radical (unpaired) electrons. The first-order chi connectivity index (χ1) is 18.7. The van der Waals surface area contributed by atoms with Crippen LogP contribution in [0.25, 0.3) is 0 Å². The molecule has 0 aromatic carbocycles. The number of esters is 1. The van der Waals surface area contributed by atoms with E-state index in [9.17, 15) is 4.79 Å². The van der Waals surface area contributed by atoms with Gasteiger partial charge in [-0.05, 0) is 31.6 Å². The number of hydrogen-bond donors (Lipinski definition) is 0. The summed E-state index contributed by atoms with van der Waals surface area (Å²) in [6.45, 7) is 10.1. The molecule has 4 heteroatoms. The summed E-state index contributed by atoms with van der Waals surface area (Å²) in [4.78, 5) is 12.2. The standard InChI is InChI=1S/C34H68O4/c1-4-7-10-13-15-16-17-18-20-23-28-36-30-31-37-29-24-27-34(35)38-32-33(25-21-12-9-6-3)26-22-19-14-11-8-5-2/h33H,4-32H2,1-3H3. The molecule has 228 valence electrons. The second kappa shape index (κ2) is 32.6. The van der Waals surface area contributed by atoms with E-state index in [2.05, 4.69) is 20.8 Å². The molecule has 38 heavy (non-hydrogen) atoms. The van der Waals surface area contributed by atoms with E-state index in [4.69, 9.17) is 14.2 Å². The predicted molar refractivity (Wildman–Crippen MR) is 164 cm³/mol. The highest BCUT2D eigenvalue weighted by molar-refractivity contribution is 5.69. The molecule has 0 aromatic heterocycles. The van der Waals surface area contributed by atoms with Crippen LogP contribution in [0.5, 0.6) is 0 Å². The van der Waals surface area contributed by atoms with Crippen LogP contribution in [0.15, 0.2) is 0 Å².